The fraction of sp³-hybridized carbons (Fsp3) is 0.294. The first-order valence-corrected chi connectivity index (χ1v) is 8.00. The Balaban J connectivity index is 1.73. The minimum atomic E-state index is 0.0681. The first-order valence-electron chi connectivity index (χ1n) is 8.00. The molecule has 2 aromatic rings. The minimum absolute atomic E-state index is 0.0681. The molecular weight excluding hydrogens is 302 g/mol. The second kappa shape index (κ2) is 5.59. The van der Waals surface area contributed by atoms with Crippen LogP contribution in [0, 0.1) is 12.8 Å². The van der Waals surface area contributed by atoms with Crippen LogP contribution in [-0.2, 0) is 0 Å². The lowest BCUT2D eigenvalue weighted by atomic mass is 10.0. The lowest BCUT2D eigenvalue weighted by molar-refractivity contribution is 0.436. The zero-order valence-electron chi connectivity index (χ0n) is 13.9. The molecular formula is C17H19N7. The minimum Gasteiger partial charge on any atom is -0.308 e. The third-order valence-electron chi connectivity index (χ3n) is 4.08. The van der Waals surface area contributed by atoms with Gasteiger partial charge in [0.1, 0.15) is 23.4 Å². The monoisotopic (exact) mass is 321 g/mol. The number of amidine groups is 1. The summed E-state index contributed by atoms with van der Waals surface area (Å²) in [5.41, 5.74) is 7.42. The lowest BCUT2D eigenvalue weighted by Crippen LogP contribution is -2.37. The molecule has 7 nitrogen and oxygen atoms in total. The van der Waals surface area contributed by atoms with Crippen molar-refractivity contribution in [3.05, 3.63) is 47.9 Å². The fourth-order valence-corrected chi connectivity index (χ4v) is 2.92. The van der Waals surface area contributed by atoms with Crippen LogP contribution in [0.2, 0.25) is 0 Å². The van der Waals surface area contributed by atoms with Crippen molar-refractivity contribution in [1.29, 1.82) is 0 Å². The number of aryl methyl sites for hydroxylation is 1. The maximum Gasteiger partial charge on any atom is 0.139 e. The number of fused-ring (bicyclic) bond motifs is 1. The van der Waals surface area contributed by atoms with E-state index in [1.54, 1.807) is 0 Å². The maximum atomic E-state index is 4.56. The van der Waals surface area contributed by atoms with Crippen molar-refractivity contribution in [1.82, 2.24) is 30.7 Å². The molecule has 0 amide bonds. The highest BCUT2D eigenvalue weighted by Crippen LogP contribution is 2.29. The topological polar surface area (TPSA) is 82.1 Å². The van der Waals surface area contributed by atoms with E-state index in [0.717, 1.165) is 34.2 Å². The van der Waals surface area contributed by atoms with Gasteiger partial charge in [-0.1, -0.05) is 26.0 Å². The van der Waals surface area contributed by atoms with Crippen LogP contribution in [0.4, 0.5) is 0 Å². The lowest BCUT2D eigenvalue weighted by Gasteiger charge is -2.26. The summed E-state index contributed by atoms with van der Waals surface area (Å²) in [5.74, 6) is 1.35. The molecule has 1 atom stereocenters. The molecule has 0 aliphatic carbocycles. The van der Waals surface area contributed by atoms with Gasteiger partial charge in [-0.15, -0.1) is 0 Å². The standard InChI is InChI=1S/C17H19N7/c1-10(2)17-22-19-14-8-7-12(9-24(14)17)15-16(21-23-20-15)13-6-4-5-11(3)18-13/h4-10,14,19H,1-3H3,(H,20,21,23). The number of nitrogens with one attached hydrogen (secondary N) is 2. The summed E-state index contributed by atoms with van der Waals surface area (Å²) in [6.07, 6.45) is 6.26. The first-order chi connectivity index (χ1) is 11.6. The van der Waals surface area contributed by atoms with Crippen molar-refractivity contribution < 1.29 is 0 Å². The number of hydrazone groups is 1. The summed E-state index contributed by atoms with van der Waals surface area (Å²) in [5, 5.41) is 15.8. The summed E-state index contributed by atoms with van der Waals surface area (Å²) >= 11 is 0. The fourth-order valence-electron chi connectivity index (χ4n) is 2.92. The van der Waals surface area contributed by atoms with E-state index in [2.05, 4.69) is 61.9 Å². The van der Waals surface area contributed by atoms with E-state index >= 15 is 0 Å². The number of aromatic amines is 1. The number of hydrogen-bond donors (Lipinski definition) is 2. The van der Waals surface area contributed by atoms with Gasteiger partial charge in [-0.05, 0) is 25.1 Å². The molecule has 24 heavy (non-hydrogen) atoms. The van der Waals surface area contributed by atoms with Crippen molar-refractivity contribution in [2.24, 2.45) is 11.0 Å². The van der Waals surface area contributed by atoms with Crippen molar-refractivity contribution in [3.8, 4) is 11.4 Å². The van der Waals surface area contributed by atoms with E-state index in [0.29, 0.717) is 5.92 Å². The third-order valence-corrected chi connectivity index (χ3v) is 4.08. The second-order valence-electron chi connectivity index (χ2n) is 6.23. The van der Waals surface area contributed by atoms with Gasteiger partial charge in [0.2, 0.25) is 0 Å². The Morgan fingerprint density at radius 3 is 2.79 bits per heavy atom. The molecule has 0 spiro atoms. The first kappa shape index (κ1) is 14.6. The van der Waals surface area contributed by atoms with Crippen molar-refractivity contribution >= 4 is 11.4 Å². The Labute approximate surface area is 140 Å². The average Bonchev–Trinajstić information content (AvgIpc) is 3.21. The van der Waals surface area contributed by atoms with Gasteiger partial charge in [0.05, 0.1) is 5.69 Å². The van der Waals surface area contributed by atoms with E-state index in [9.17, 15) is 0 Å². The summed E-state index contributed by atoms with van der Waals surface area (Å²) in [7, 11) is 0. The van der Waals surface area contributed by atoms with Gasteiger partial charge in [-0.25, -0.2) is 0 Å². The molecule has 7 heteroatoms. The third kappa shape index (κ3) is 2.38. The predicted molar refractivity (Wildman–Crippen MR) is 92.5 cm³/mol. The van der Waals surface area contributed by atoms with Crippen LogP contribution in [0.3, 0.4) is 0 Å². The summed E-state index contributed by atoms with van der Waals surface area (Å²) < 4.78 is 0. The van der Waals surface area contributed by atoms with Gasteiger partial charge in [-0.2, -0.15) is 20.5 Å². The summed E-state index contributed by atoms with van der Waals surface area (Å²) in [6.45, 7) is 6.23. The molecule has 4 rings (SSSR count). The highest BCUT2D eigenvalue weighted by Gasteiger charge is 2.29. The van der Waals surface area contributed by atoms with Crippen molar-refractivity contribution in [2.45, 2.75) is 26.9 Å². The van der Waals surface area contributed by atoms with Crippen molar-refractivity contribution in [2.75, 3.05) is 0 Å². The van der Waals surface area contributed by atoms with Gasteiger partial charge < -0.3 is 4.90 Å². The van der Waals surface area contributed by atoms with Gasteiger partial charge in [0.15, 0.2) is 0 Å². The quantitative estimate of drug-likeness (QED) is 0.906. The number of allylic oxidation sites excluding steroid dienone is 2. The van der Waals surface area contributed by atoms with Crippen LogP contribution in [0.1, 0.15) is 25.2 Å². The van der Waals surface area contributed by atoms with Crippen LogP contribution in [-0.4, -0.2) is 37.3 Å². The molecule has 0 saturated carbocycles. The van der Waals surface area contributed by atoms with E-state index in [-0.39, 0.29) is 6.17 Å². The van der Waals surface area contributed by atoms with Crippen molar-refractivity contribution in [3.63, 3.8) is 0 Å². The highest BCUT2D eigenvalue weighted by molar-refractivity contribution is 5.90. The van der Waals surface area contributed by atoms with Crippen LogP contribution in [0.15, 0.2) is 41.7 Å². The van der Waals surface area contributed by atoms with Gasteiger partial charge in [-0.3, -0.25) is 10.4 Å². The second-order valence-corrected chi connectivity index (χ2v) is 6.23. The van der Waals surface area contributed by atoms with Gasteiger partial charge >= 0.3 is 0 Å². The zero-order chi connectivity index (χ0) is 16.7. The van der Waals surface area contributed by atoms with E-state index in [4.69, 9.17) is 0 Å². The highest BCUT2D eigenvalue weighted by atomic mass is 15.5. The molecule has 4 heterocycles. The molecule has 0 radical (unpaired) electrons. The Bertz CT molecular complexity index is 859. The summed E-state index contributed by atoms with van der Waals surface area (Å²) in [4.78, 5) is 6.70. The molecule has 2 aliphatic rings. The number of aromatic nitrogens is 4. The van der Waals surface area contributed by atoms with Gasteiger partial charge in [0.25, 0.3) is 0 Å². The number of hydrogen-bond acceptors (Lipinski definition) is 6. The van der Waals surface area contributed by atoms with Crippen LogP contribution in [0.5, 0.6) is 0 Å². The largest absolute Gasteiger partial charge is 0.308 e. The Morgan fingerprint density at radius 2 is 2.00 bits per heavy atom. The molecule has 0 bridgehead atoms. The van der Waals surface area contributed by atoms with Crippen LogP contribution in [0.25, 0.3) is 17.0 Å². The molecule has 0 saturated heterocycles. The predicted octanol–water partition coefficient (Wildman–Crippen LogP) is 2.29. The van der Waals surface area contributed by atoms with E-state index in [1.807, 2.05) is 31.2 Å². The Hall–Kier alpha value is -2.96. The smallest absolute Gasteiger partial charge is 0.139 e. The molecule has 122 valence electrons. The molecule has 2 N–H and O–H groups in total. The molecule has 1 unspecified atom stereocenters. The number of pyridine rings is 1. The normalized spacial score (nSPS) is 19.2. The van der Waals surface area contributed by atoms with Gasteiger partial charge in [0, 0.05) is 23.4 Å². The molecule has 0 fully saturated rings. The number of nitrogens with zero attached hydrogens (tertiary/aromatic N) is 5. The maximum absolute atomic E-state index is 4.56. The molecule has 0 aromatic carbocycles. The molecule has 2 aromatic heterocycles. The average molecular weight is 321 g/mol. The van der Waals surface area contributed by atoms with Crippen LogP contribution < -0.4 is 5.43 Å². The SMILES string of the molecule is Cc1cccc(-c2n[nH]nc2C2=CN3C(C(C)C)=NNC3C=C2)n1. The number of H-pyrrole nitrogens is 1. The Morgan fingerprint density at radius 1 is 1.17 bits per heavy atom. The Kier molecular flexibility index (Phi) is 3.41. The summed E-state index contributed by atoms with van der Waals surface area (Å²) in [6, 6.07) is 5.89. The van der Waals surface area contributed by atoms with Crippen LogP contribution >= 0.6 is 0 Å². The molecule has 2 aliphatic heterocycles. The van der Waals surface area contributed by atoms with E-state index in [1.165, 1.54) is 0 Å². The zero-order valence-corrected chi connectivity index (χ0v) is 13.9. The number of rotatable bonds is 3. The van der Waals surface area contributed by atoms with E-state index < -0.39 is 0 Å².